The summed E-state index contributed by atoms with van der Waals surface area (Å²) in [6, 6.07) is 0. The van der Waals surface area contributed by atoms with Gasteiger partial charge in [-0.15, -0.1) is 6.42 Å². The Morgan fingerprint density at radius 3 is 2.55 bits per heavy atom. The maximum atomic E-state index is 10.9. The third-order valence-electron chi connectivity index (χ3n) is 0.963. The lowest BCUT2D eigenvalue weighted by molar-refractivity contribution is 0.599. The summed E-state index contributed by atoms with van der Waals surface area (Å²) in [6.45, 7) is 0. The van der Waals surface area contributed by atoms with Gasteiger partial charge < -0.3 is 5.73 Å². The Morgan fingerprint density at radius 2 is 2.18 bits per heavy atom. The molecule has 0 aliphatic rings. The van der Waals surface area contributed by atoms with Gasteiger partial charge >= 0.3 is 0 Å². The molecule has 2 N–H and O–H groups in total. The van der Waals surface area contributed by atoms with Gasteiger partial charge in [0.05, 0.1) is 10.7 Å². The molecule has 0 aliphatic carbocycles. The molecule has 0 aromatic rings. The molecule has 11 heavy (non-hydrogen) atoms. The molecule has 0 saturated carbocycles. The van der Waals surface area contributed by atoms with Crippen LogP contribution in [0.3, 0.4) is 0 Å². The van der Waals surface area contributed by atoms with Crippen molar-refractivity contribution in [2.75, 3.05) is 11.5 Å². The smallest absolute Gasteiger partial charge is 0.161 e. The van der Waals surface area contributed by atoms with Crippen molar-refractivity contribution in [2.24, 2.45) is 5.73 Å². The lowest BCUT2D eigenvalue weighted by Gasteiger charge is -1.97. The lowest BCUT2D eigenvalue weighted by atomic mass is 10.5. The number of hydrogen-bond donors (Lipinski definition) is 1. The Balaban J connectivity index is 3.96. The standard InChI is InChI=1S/C6H9NO2S2/c1-2-4-11(8,9)5-3-6(7)10/h1H,3-5H2,(H2,7,10). The van der Waals surface area contributed by atoms with E-state index < -0.39 is 9.84 Å². The molecule has 0 radical (unpaired) electrons. The van der Waals surface area contributed by atoms with Crippen molar-refractivity contribution in [2.45, 2.75) is 6.42 Å². The topological polar surface area (TPSA) is 60.2 Å². The van der Waals surface area contributed by atoms with Crippen LogP contribution in [0, 0.1) is 12.3 Å². The zero-order chi connectivity index (χ0) is 8.91. The minimum atomic E-state index is -3.13. The Kier molecular flexibility index (Phi) is 4.08. The molecule has 0 aromatic carbocycles. The molecule has 62 valence electrons. The Morgan fingerprint density at radius 1 is 1.64 bits per heavy atom. The lowest BCUT2D eigenvalue weighted by Crippen LogP contribution is -2.17. The highest BCUT2D eigenvalue weighted by Gasteiger charge is 2.08. The fourth-order valence-corrected chi connectivity index (χ4v) is 1.62. The molecular formula is C6H9NO2S2. The van der Waals surface area contributed by atoms with Crippen molar-refractivity contribution in [3.63, 3.8) is 0 Å². The number of hydrogen-bond acceptors (Lipinski definition) is 3. The first-order chi connectivity index (χ1) is 4.98. The molecule has 0 aromatic heterocycles. The van der Waals surface area contributed by atoms with Crippen LogP contribution >= 0.6 is 12.2 Å². The molecule has 0 unspecified atom stereocenters. The summed E-state index contributed by atoms with van der Waals surface area (Å²) in [5, 5.41) is 0. The molecule has 0 atom stereocenters. The SMILES string of the molecule is C#CCS(=O)(=O)CCC(N)=S. The van der Waals surface area contributed by atoms with Gasteiger partial charge in [0.1, 0.15) is 5.75 Å². The summed E-state index contributed by atoms with van der Waals surface area (Å²) in [6.07, 6.45) is 5.04. The monoisotopic (exact) mass is 191 g/mol. The van der Waals surface area contributed by atoms with Gasteiger partial charge in [-0.1, -0.05) is 18.1 Å². The zero-order valence-corrected chi connectivity index (χ0v) is 7.54. The molecule has 0 heterocycles. The number of nitrogens with two attached hydrogens (primary N) is 1. The number of terminal acetylenes is 1. The van der Waals surface area contributed by atoms with E-state index in [0.29, 0.717) is 0 Å². The van der Waals surface area contributed by atoms with Crippen LogP contribution < -0.4 is 5.73 Å². The van der Waals surface area contributed by atoms with E-state index in [-0.39, 0.29) is 22.9 Å². The predicted octanol–water partition coefficient (Wildman–Crippen LogP) is -0.289. The normalized spacial score (nSPS) is 10.5. The van der Waals surface area contributed by atoms with Crippen molar-refractivity contribution >= 4 is 27.0 Å². The van der Waals surface area contributed by atoms with Crippen molar-refractivity contribution in [1.29, 1.82) is 0 Å². The Labute approximate surface area is 71.9 Å². The van der Waals surface area contributed by atoms with Crippen LogP contribution in [0.1, 0.15) is 6.42 Å². The quantitative estimate of drug-likeness (QED) is 0.490. The van der Waals surface area contributed by atoms with E-state index in [1.54, 1.807) is 0 Å². The van der Waals surface area contributed by atoms with Crippen LogP contribution in [0.2, 0.25) is 0 Å². The molecule has 0 rings (SSSR count). The Bertz CT molecular complexity index is 273. The van der Waals surface area contributed by atoms with Crippen molar-refractivity contribution in [3.05, 3.63) is 0 Å². The zero-order valence-electron chi connectivity index (χ0n) is 5.91. The van der Waals surface area contributed by atoms with Crippen molar-refractivity contribution in [1.82, 2.24) is 0 Å². The summed E-state index contributed by atoms with van der Waals surface area (Å²) in [5.74, 6) is 1.77. The van der Waals surface area contributed by atoms with E-state index in [1.807, 2.05) is 0 Å². The van der Waals surface area contributed by atoms with Gasteiger partial charge in [0.15, 0.2) is 9.84 Å². The summed E-state index contributed by atoms with van der Waals surface area (Å²) in [5.41, 5.74) is 5.11. The molecule has 0 saturated heterocycles. The average Bonchev–Trinajstić information content (AvgIpc) is 1.84. The molecule has 0 amide bonds. The average molecular weight is 191 g/mol. The minimum Gasteiger partial charge on any atom is -0.393 e. The molecular weight excluding hydrogens is 182 g/mol. The van der Waals surface area contributed by atoms with Gasteiger partial charge in [-0.25, -0.2) is 8.42 Å². The van der Waals surface area contributed by atoms with Crippen LogP contribution in [-0.4, -0.2) is 24.9 Å². The molecule has 0 bridgehead atoms. The third-order valence-corrected chi connectivity index (χ3v) is 2.60. The van der Waals surface area contributed by atoms with E-state index in [1.165, 1.54) is 0 Å². The van der Waals surface area contributed by atoms with Crippen LogP contribution in [-0.2, 0) is 9.84 Å². The van der Waals surface area contributed by atoms with Gasteiger partial charge in [0, 0.05) is 6.42 Å². The first kappa shape index (κ1) is 10.4. The first-order valence-electron chi connectivity index (χ1n) is 2.90. The maximum absolute atomic E-state index is 10.9. The second kappa shape index (κ2) is 4.31. The highest BCUT2D eigenvalue weighted by molar-refractivity contribution is 7.91. The minimum absolute atomic E-state index is 0.0491. The number of thiocarbonyl (C=S) groups is 1. The molecule has 3 nitrogen and oxygen atoms in total. The van der Waals surface area contributed by atoms with Gasteiger partial charge in [0.25, 0.3) is 0 Å². The maximum Gasteiger partial charge on any atom is 0.161 e. The highest BCUT2D eigenvalue weighted by Crippen LogP contribution is 1.92. The van der Waals surface area contributed by atoms with E-state index in [0.717, 1.165) is 0 Å². The summed E-state index contributed by atoms with van der Waals surface area (Å²) >= 11 is 4.51. The van der Waals surface area contributed by atoms with Crippen molar-refractivity contribution < 1.29 is 8.42 Å². The van der Waals surface area contributed by atoms with E-state index in [4.69, 9.17) is 12.2 Å². The molecule has 0 spiro atoms. The Hall–Kier alpha value is -0.600. The van der Waals surface area contributed by atoms with Gasteiger partial charge in [-0.2, -0.15) is 0 Å². The van der Waals surface area contributed by atoms with Gasteiger partial charge in [-0.05, 0) is 0 Å². The van der Waals surface area contributed by atoms with Crippen LogP contribution in [0.15, 0.2) is 0 Å². The first-order valence-corrected chi connectivity index (χ1v) is 5.13. The number of rotatable bonds is 4. The molecule has 0 fully saturated rings. The fourth-order valence-electron chi connectivity index (χ4n) is 0.455. The third kappa shape index (κ3) is 5.83. The fraction of sp³-hybridized carbons (Fsp3) is 0.500. The summed E-state index contributed by atoms with van der Waals surface area (Å²) in [4.78, 5) is 0.200. The number of sulfone groups is 1. The van der Waals surface area contributed by atoms with Gasteiger partial charge in [0.2, 0.25) is 0 Å². The predicted molar refractivity (Wildman–Crippen MR) is 48.9 cm³/mol. The van der Waals surface area contributed by atoms with Gasteiger partial charge in [-0.3, -0.25) is 0 Å². The van der Waals surface area contributed by atoms with E-state index >= 15 is 0 Å². The van der Waals surface area contributed by atoms with Crippen molar-refractivity contribution in [3.8, 4) is 12.3 Å². The second-order valence-corrected chi connectivity index (χ2v) is 4.72. The second-order valence-electron chi connectivity index (χ2n) is 2.01. The molecule has 0 aliphatic heterocycles. The van der Waals surface area contributed by atoms with E-state index in [9.17, 15) is 8.42 Å². The van der Waals surface area contributed by atoms with Crippen LogP contribution in [0.4, 0.5) is 0 Å². The van der Waals surface area contributed by atoms with E-state index in [2.05, 4.69) is 18.1 Å². The highest BCUT2D eigenvalue weighted by atomic mass is 32.2. The largest absolute Gasteiger partial charge is 0.393 e. The molecule has 5 heteroatoms. The van der Waals surface area contributed by atoms with Crippen LogP contribution in [0.5, 0.6) is 0 Å². The van der Waals surface area contributed by atoms with Crippen LogP contribution in [0.25, 0.3) is 0 Å². The summed E-state index contributed by atoms with van der Waals surface area (Å²) in [7, 11) is -3.13. The summed E-state index contributed by atoms with van der Waals surface area (Å²) < 4.78 is 21.8.